The van der Waals surface area contributed by atoms with E-state index < -0.39 is 0 Å². The maximum atomic E-state index is 3.31. The van der Waals surface area contributed by atoms with Gasteiger partial charge in [-0.25, -0.2) is 0 Å². The average molecular weight is 937 g/mol. The molecule has 0 aliphatic carbocycles. The SMILES string of the molecule is CCCCc1cc2c(-c3cc(C)cc(C)c3C)cccc2[cH-]1.CCCCc1cc2c(-c3cc(C)cc(C)c3C)cccc2[cH-]1.[Hf].[c-]1cccc2c1[Si]c1ccccc1-2. The molecule has 58 heavy (non-hydrogen) atoms. The number of aryl methyl sites for hydroxylation is 6. The minimum atomic E-state index is 0. The Bertz CT molecular complexity index is 2460. The molecule has 0 bridgehead atoms. The quantitative estimate of drug-likeness (QED) is 0.105. The minimum absolute atomic E-state index is 0. The third kappa shape index (κ3) is 9.56. The zero-order valence-corrected chi connectivity index (χ0v) is 40.5. The van der Waals surface area contributed by atoms with Gasteiger partial charge in [0.05, 0.1) is 9.52 Å². The molecule has 0 atom stereocenters. The fourth-order valence-corrected chi connectivity index (χ4v) is 9.79. The van der Waals surface area contributed by atoms with E-state index in [1.54, 1.807) is 0 Å². The molecule has 292 valence electrons. The van der Waals surface area contributed by atoms with Crippen LogP contribution in [0.1, 0.15) is 84.0 Å². The van der Waals surface area contributed by atoms with Crippen LogP contribution in [0.3, 0.4) is 0 Å². The molecule has 9 rings (SSSR count). The summed E-state index contributed by atoms with van der Waals surface area (Å²) in [7, 11) is 0.795. The van der Waals surface area contributed by atoms with E-state index in [-0.39, 0.29) is 25.8 Å². The number of hydrogen-bond donors (Lipinski definition) is 0. The van der Waals surface area contributed by atoms with Gasteiger partial charge in [0.2, 0.25) is 0 Å². The van der Waals surface area contributed by atoms with Gasteiger partial charge < -0.3 is 0 Å². The molecule has 0 saturated carbocycles. The molecule has 2 heteroatoms. The van der Waals surface area contributed by atoms with Gasteiger partial charge in [-0.05, 0) is 87.8 Å². The van der Waals surface area contributed by atoms with Crippen LogP contribution in [0.5, 0.6) is 0 Å². The van der Waals surface area contributed by atoms with E-state index in [1.807, 2.05) is 6.07 Å². The van der Waals surface area contributed by atoms with Crippen molar-refractivity contribution in [3.05, 3.63) is 178 Å². The first-order valence-corrected chi connectivity index (χ1v) is 22.0. The Morgan fingerprint density at radius 3 is 1.50 bits per heavy atom. The van der Waals surface area contributed by atoms with Crippen molar-refractivity contribution < 1.29 is 25.8 Å². The van der Waals surface area contributed by atoms with Crippen LogP contribution in [0.4, 0.5) is 0 Å². The Kier molecular flexibility index (Phi) is 14.6. The van der Waals surface area contributed by atoms with Crippen LogP contribution >= 0.6 is 0 Å². The molecule has 8 aromatic carbocycles. The maximum Gasteiger partial charge on any atom is 0.0920 e. The molecule has 0 saturated heterocycles. The molecule has 0 N–H and O–H groups in total. The summed E-state index contributed by atoms with van der Waals surface area (Å²) in [5, 5.41) is 8.39. The van der Waals surface area contributed by atoms with Gasteiger partial charge in [0.25, 0.3) is 0 Å². The van der Waals surface area contributed by atoms with Crippen molar-refractivity contribution in [1.82, 2.24) is 0 Å². The Morgan fingerprint density at radius 2 is 0.983 bits per heavy atom. The number of rotatable bonds is 8. The molecule has 0 amide bonds. The van der Waals surface area contributed by atoms with Crippen molar-refractivity contribution in [3.8, 4) is 33.4 Å². The molecule has 0 unspecified atom stereocenters. The molecule has 0 aromatic heterocycles. The maximum absolute atomic E-state index is 3.31. The summed E-state index contributed by atoms with van der Waals surface area (Å²) < 4.78 is 0. The summed E-state index contributed by atoms with van der Waals surface area (Å²) in [5.41, 5.74) is 19.5. The summed E-state index contributed by atoms with van der Waals surface area (Å²) in [5.74, 6) is 0. The summed E-state index contributed by atoms with van der Waals surface area (Å²) in [4.78, 5) is 0. The second-order valence-corrected chi connectivity index (χ2v) is 17.5. The molecule has 0 fully saturated rings. The largest absolute Gasteiger partial charge is 0.184 e. The standard InChI is InChI=1S/2C22H25.C12H7Si.Hf/c2*1-5-6-8-18-13-19-9-7-10-20(22(19)14-18)21-12-15(2)11-16(3)17(21)4;1-3-7-11-9(5-1)10-6-2-4-8-12(10)13-11;/h2*7,9-14H,5-6,8H2,1-4H3;1-7H;/q3*-1;. The Morgan fingerprint density at radius 1 is 0.500 bits per heavy atom. The second-order valence-electron chi connectivity index (χ2n) is 16.2. The molecule has 1 aliphatic rings. The van der Waals surface area contributed by atoms with Crippen LogP contribution in [-0.4, -0.2) is 9.52 Å². The van der Waals surface area contributed by atoms with Gasteiger partial charge in [0.1, 0.15) is 0 Å². The van der Waals surface area contributed by atoms with E-state index in [1.165, 1.54) is 148 Å². The van der Waals surface area contributed by atoms with Gasteiger partial charge in [0, 0.05) is 25.8 Å². The Hall–Kier alpha value is -4.37. The average Bonchev–Trinajstić information content (AvgIpc) is 3.94. The van der Waals surface area contributed by atoms with Gasteiger partial charge in [-0.2, -0.15) is 41.6 Å². The van der Waals surface area contributed by atoms with Gasteiger partial charge in [-0.1, -0.05) is 133 Å². The van der Waals surface area contributed by atoms with Crippen LogP contribution in [0, 0.1) is 47.6 Å². The number of benzene rings is 6. The van der Waals surface area contributed by atoms with Gasteiger partial charge in [0.15, 0.2) is 0 Å². The number of fused-ring (bicyclic) bond motifs is 5. The summed E-state index contributed by atoms with van der Waals surface area (Å²) >= 11 is 0. The summed E-state index contributed by atoms with van der Waals surface area (Å²) in [6.45, 7) is 17.8. The fraction of sp³-hybridized carbons (Fsp3) is 0.250. The van der Waals surface area contributed by atoms with E-state index in [0.717, 1.165) is 9.52 Å². The first-order chi connectivity index (χ1) is 27.6. The zero-order valence-electron chi connectivity index (χ0n) is 35.9. The van der Waals surface area contributed by atoms with Crippen molar-refractivity contribution in [3.63, 3.8) is 0 Å². The normalized spacial score (nSPS) is 11.3. The van der Waals surface area contributed by atoms with Crippen LogP contribution in [-0.2, 0) is 38.7 Å². The number of unbranched alkanes of at least 4 members (excludes halogenated alkanes) is 2. The molecular formula is C56H57HfSi-3. The summed E-state index contributed by atoms with van der Waals surface area (Å²) in [6, 6.07) is 50.3. The smallest absolute Gasteiger partial charge is 0.0920 e. The van der Waals surface area contributed by atoms with Crippen LogP contribution in [0.15, 0.2) is 127 Å². The first kappa shape index (κ1) is 43.2. The van der Waals surface area contributed by atoms with Gasteiger partial charge in [-0.15, -0.1) is 74.6 Å². The predicted octanol–water partition coefficient (Wildman–Crippen LogP) is 14.1. The molecule has 0 spiro atoms. The van der Waals surface area contributed by atoms with Crippen molar-refractivity contribution in [2.24, 2.45) is 0 Å². The van der Waals surface area contributed by atoms with Gasteiger partial charge >= 0.3 is 0 Å². The molecule has 2 radical (unpaired) electrons. The van der Waals surface area contributed by atoms with E-state index in [0.29, 0.717) is 0 Å². The minimum Gasteiger partial charge on any atom is -0.184 e. The topological polar surface area (TPSA) is 0 Å². The monoisotopic (exact) mass is 937 g/mol. The van der Waals surface area contributed by atoms with Crippen LogP contribution < -0.4 is 10.4 Å². The van der Waals surface area contributed by atoms with E-state index in [9.17, 15) is 0 Å². The van der Waals surface area contributed by atoms with Crippen molar-refractivity contribution in [2.75, 3.05) is 0 Å². The van der Waals surface area contributed by atoms with E-state index in [2.05, 4.69) is 183 Å². The second kappa shape index (κ2) is 19.6. The molecule has 1 aliphatic heterocycles. The van der Waals surface area contributed by atoms with E-state index in [4.69, 9.17) is 0 Å². The van der Waals surface area contributed by atoms with Gasteiger partial charge in [-0.3, -0.25) is 0 Å². The number of hydrogen-bond acceptors (Lipinski definition) is 0. The Balaban J connectivity index is 0.000000150. The third-order valence-corrected chi connectivity index (χ3v) is 13.2. The Labute approximate surface area is 370 Å². The predicted molar refractivity (Wildman–Crippen MR) is 251 cm³/mol. The molecular weight excluding hydrogens is 879 g/mol. The molecule has 8 aromatic rings. The van der Waals surface area contributed by atoms with Crippen molar-refractivity contribution in [2.45, 2.75) is 93.9 Å². The first-order valence-electron chi connectivity index (χ1n) is 21.0. The van der Waals surface area contributed by atoms with Crippen molar-refractivity contribution >= 4 is 41.4 Å². The molecule has 0 nitrogen and oxygen atoms in total. The van der Waals surface area contributed by atoms with Crippen LogP contribution in [0.25, 0.3) is 54.9 Å². The molecule has 1 heterocycles. The van der Waals surface area contributed by atoms with Crippen LogP contribution in [0.2, 0.25) is 0 Å². The van der Waals surface area contributed by atoms with E-state index >= 15 is 0 Å². The third-order valence-electron chi connectivity index (χ3n) is 11.8. The van der Waals surface area contributed by atoms with Crippen molar-refractivity contribution in [1.29, 1.82) is 0 Å². The zero-order chi connectivity index (χ0) is 40.1. The summed E-state index contributed by atoms with van der Waals surface area (Å²) in [6.07, 6.45) is 7.44. The fourth-order valence-electron chi connectivity index (χ4n) is 8.48.